The molecule has 0 bridgehead atoms. The van der Waals surface area contributed by atoms with Gasteiger partial charge < -0.3 is 14.8 Å². The molecule has 0 saturated heterocycles. The number of carbonyl (C=O) groups is 2. The summed E-state index contributed by atoms with van der Waals surface area (Å²) < 4.78 is 12.2. The molecule has 0 radical (unpaired) electrons. The van der Waals surface area contributed by atoms with Crippen molar-refractivity contribution < 1.29 is 19.1 Å². The fourth-order valence-corrected chi connectivity index (χ4v) is 3.99. The molecule has 0 aliphatic rings. The first-order chi connectivity index (χ1) is 14.1. The Morgan fingerprint density at radius 3 is 2.48 bits per heavy atom. The number of ether oxygens (including phenoxy) is 2. The van der Waals surface area contributed by atoms with E-state index in [-0.39, 0.29) is 5.91 Å². The van der Waals surface area contributed by atoms with Gasteiger partial charge in [0.05, 0.1) is 6.61 Å². The molecule has 29 heavy (non-hydrogen) atoms. The third kappa shape index (κ3) is 5.15. The Labute approximate surface area is 174 Å². The molecule has 1 atom stereocenters. The molecular weight excluding hydrogens is 386 g/mol. The molecule has 6 heteroatoms. The van der Waals surface area contributed by atoms with E-state index in [2.05, 4.69) is 5.32 Å². The van der Waals surface area contributed by atoms with Gasteiger partial charge in [0, 0.05) is 10.1 Å². The third-order valence-electron chi connectivity index (χ3n) is 4.45. The first-order valence-electron chi connectivity index (χ1n) is 9.85. The molecule has 3 aromatic rings. The van der Waals surface area contributed by atoms with Gasteiger partial charge in [0.1, 0.15) is 16.3 Å². The maximum atomic E-state index is 12.9. The number of amides is 1. The molecule has 0 saturated carbocycles. The summed E-state index contributed by atoms with van der Waals surface area (Å²) in [5.41, 5.74) is 0.407. The van der Waals surface area contributed by atoms with Gasteiger partial charge in [-0.15, -0.1) is 11.3 Å². The van der Waals surface area contributed by atoms with E-state index in [1.807, 2.05) is 68.4 Å². The lowest BCUT2D eigenvalue weighted by atomic mass is 10.1. The molecule has 5 nitrogen and oxygen atoms in total. The summed E-state index contributed by atoms with van der Waals surface area (Å²) in [7, 11) is 0. The van der Waals surface area contributed by atoms with E-state index in [9.17, 15) is 9.59 Å². The van der Waals surface area contributed by atoms with E-state index < -0.39 is 12.1 Å². The van der Waals surface area contributed by atoms with Crippen molar-refractivity contribution in [2.24, 2.45) is 0 Å². The molecule has 2 aromatic carbocycles. The molecule has 1 unspecified atom stereocenters. The van der Waals surface area contributed by atoms with E-state index in [0.29, 0.717) is 29.3 Å². The topological polar surface area (TPSA) is 64.6 Å². The highest BCUT2D eigenvalue weighted by atomic mass is 32.1. The largest absolute Gasteiger partial charge is 0.481 e. The van der Waals surface area contributed by atoms with Crippen LogP contribution in [0.1, 0.15) is 43.5 Å². The van der Waals surface area contributed by atoms with Crippen LogP contribution in [0.4, 0.5) is 5.00 Å². The van der Waals surface area contributed by atoms with Gasteiger partial charge in [-0.2, -0.15) is 0 Å². The average Bonchev–Trinajstić information content (AvgIpc) is 3.10. The zero-order valence-electron chi connectivity index (χ0n) is 16.6. The quantitative estimate of drug-likeness (QED) is 0.365. The van der Waals surface area contributed by atoms with E-state index in [1.165, 1.54) is 11.3 Å². The maximum Gasteiger partial charge on any atom is 0.341 e. The number of rotatable bonds is 9. The summed E-state index contributed by atoms with van der Waals surface area (Å²) in [4.78, 5) is 25.6. The lowest BCUT2D eigenvalue weighted by molar-refractivity contribution is -0.122. The maximum absolute atomic E-state index is 12.9. The average molecular weight is 412 g/mol. The zero-order chi connectivity index (χ0) is 20.6. The monoisotopic (exact) mass is 411 g/mol. The molecule has 3 rings (SSSR count). The van der Waals surface area contributed by atoms with Gasteiger partial charge in [-0.25, -0.2) is 4.79 Å². The molecule has 1 heterocycles. The smallest absolute Gasteiger partial charge is 0.341 e. The van der Waals surface area contributed by atoms with Crippen LogP contribution < -0.4 is 10.1 Å². The normalized spacial score (nSPS) is 11.8. The van der Waals surface area contributed by atoms with Crippen molar-refractivity contribution >= 4 is 38.3 Å². The van der Waals surface area contributed by atoms with Crippen molar-refractivity contribution in [3.05, 3.63) is 60.2 Å². The van der Waals surface area contributed by atoms with Gasteiger partial charge >= 0.3 is 5.97 Å². The predicted octanol–water partition coefficient (Wildman–Crippen LogP) is 5.65. The standard InChI is InChI=1S/C23H25NO4S/c1-3-5-15-27-23(26)20-17-13-9-10-14-19(17)29-22(20)24-21(25)18(4-2)28-16-11-7-6-8-12-16/h6-14,18H,3-5,15H2,1-2H3,(H,24,25). The number of benzene rings is 2. The fraction of sp³-hybridized carbons (Fsp3) is 0.304. The van der Waals surface area contributed by atoms with Crippen LogP contribution in [0.3, 0.4) is 0 Å². The highest BCUT2D eigenvalue weighted by molar-refractivity contribution is 7.23. The van der Waals surface area contributed by atoms with E-state index in [1.54, 1.807) is 0 Å². The SMILES string of the molecule is CCCCOC(=O)c1c(NC(=O)C(CC)Oc2ccccc2)sc2ccccc12. The van der Waals surface area contributed by atoms with Crippen molar-refractivity contribution in [2.75, 3.05) is 11.9 Å². The van der Waals surface area contributed by atoms with Crippen LogP contribution in [0.5, 0.6) is 5.75 Å². The number of hydrogen-bond donors (Lipinski definition) is 1. The second-order valence-corrected chi connectivity index (χ2v) is 7.66. The summed E-state index contributed by atoms with van der Waals surface area (Å²) in [5, 5.41) is 4.17. The van der Waals surface area contributed by atoms with E-state index in [0.717, 1.165) is 22.9 Å². The molecule has 0 aliphatic carbocycles. The molecule has 152 valence electrons. The predicted molar refractivity (Wildman–Crippen MR) is 117 cm³/mol. The minimum Gasteiger partial charge on any atom is -0.481 e. The highest BCUT2D eigenvalue weighted by Gasteiger charge is 2.25. The Morgan fingerprint density at radius 1 is 1.03 bits per heavy atom. The second-order valence-electron chi connectivity index (χ2n) is 6.61. The highest BCUT2D eigenvalue weighted by Crippen LogP contribution is 2.36. The molecule has 1 N–H and O–H groups in total. The summed E-state index contributed by atoms with van der Waals surface area (Å²) >= 11 is 1.37. The van der Waals surface area contributed by atoms with Crippen molar-refractivity contribution in [1.29, 1.82) is 0 Å². The van der Waals surface area contributed by atoms with Gasteiger partial charge in [0.2, 0.25) is 0 Å². The van der Waals surface area contributed by atoms with Crippen molar-refractivity contribution in [3.63, 3.8) is 0 Å². The summed E-state index contributed by atoms with van der Waals surface area (Å²) in [6.45, 7) is 4.29. The third-order valence-corrected chi connectivity index (χ3v) is 5.54. The van der Waals surface area contributed by atoms with Gasteiger partial charge in [0.15, 0.2) is 6.10 Å². The van der Waals surface area contributed by atoms with E-state index in [4.69, 9.17) is 9.47 Å². The van der Waals surface area contributed by atoms with Crippen LogP contribution in [0.2, 0.25) is 0 Å². The van der Waals surface area contributed by atoms with Gasteiger partial charge in [-0.3, -0.25) is 4.79 Å². The number of hydrogen-bond acceptors (Lipinski definition) is 5. The molecule has 0 fully saturated rings. The van der Waals surface area contributed by atoms with Crippen molar-refractivity contribution in [2.45, 2.75) is 39.2 Å². The Bertz CT molecular complexity index is 967. The number of thiophene rings is 1. The molecule has 0 aliphatic heterocycles. The Morgan fingerprint density at radius 2 is 1.76 bits per heavy atom. The Kier molecular flexibility index (Phi) is 7.25. The number of unbranched alkanes of at least 4 members (excludes halogenated alkanes) is 1. The lowest BCUT2D eigenvalue weighted by Crippen LogP contribution is -2.32. The summed E-state index contributed by atoms with van der Waals surface area (Å²) in [6, 6.07) is 16.8. The fourth-order valence-electron chi connectivity index (χ4n) is 2.90. The number of nitrogens with one attached hydrogen (secondary N) is 1. The van der Waals surface area contributed by atoms with Crippen LogP contribution >= 0.6 is 11.3 Å². The molecule has 1 amide bonds. The van der Waals surface area contributed by atoms with Crippen LogP contribution in [-0.2, 0) is 9.53 Å². The number of esters is 1. The minimum atomic E-state index is -0.661. The second kappa shape index (κ2) is 10.1. The van der Waals surface area contributed by atoms with Crippen LogP contribution in [0.15, 0.2) is 54.6 Å². The first kappa shape index (κ1) is 20.9. The van der Waals surface area contributed by atoms with Gasteiger partial charge in [-0.1, -0.05) is 56.7 Å². The van der Waals surface area contributed by atoms with Crippen molar-refractivity contribution in [3.8, 4) is 5.75 Å². The van der Waals surface area contributed by atoms with Gasteiger partial charge in [0.25, 0.3) is 5.91 Å². The number of para-hydroxylation sites is 1. The first-order valence-corrected chi connectivity index (χ1v) is 10.7. The molecular formula is C23H25NO4S. The molecule has 0 spiro atoms. The summed E-state index contributed by atoms with van der Waals surface area (Å²) in [6.07, 6.45) is 1.59. The van der Waals surface area contributed by atoms with Crippen LogP contribution in [-0.4, -0.2) is 24.6 Å². The van der Waals surface area contributed by atoms with E-state index >= 15 is 0 Å². The number of carbonyl (C=O) groups excluding carboxylic acids is 2. The number of anilines is 1. The van der Waals surface area contributed by atoms with Crippen LogP contribution in [0.25, 0.3) is 10.1 Å². The lowest BCUT2D eigenvalue weighted by Gasteiger charge is -2.17. The summed E-state index contributed by atoms with van der Waals surface area (Å²) in [5.74, 6) is -0.0706. The van der Waals surface area contributed by atoms with Crippen LogP contribution in [0, 0.1) is 0 Å². The Balaban J connectivity index is 1.83. The minimum absolute atomic E-state index is 0.287. The zero-order valence-corrected chi connectivity index (χ0v) is 17.5. The van der Waals surface area contributed by atoms with Crippen molar-refractivity contribution in [1.82, 2.24) is 0 Å². The Hall–Kier alpha value is -2.86. The number of fused-ring (bicyclic) bond motifs is 1. The molecule has 1 aromatic heterocycles. The van der Waals surface area contributed by atoms with Gasteiger partial charge in [-0.05, 0) is 31.0 Å².